The molecule has 0 spiro atoms. The van der Waals surface area contributed by atoms with E-state index in [0.29, 0.717) is 5.92 Å². The van der Waals surface area contributed by atoms with Crippen molar-refractivity contribution in [3.63, 3.8) is 0 Å². The molecule has 0 amide bonds. The van der Waals surface area contributed by atoms with E-state index >= 15 is 0 Å². The third kappa shape index (κ3) is 3.96. The van der Waals surface area contributed by atoms with Crippen LogP contribution < -0.4 is 0 Å². The van der Waals surface area contributed by atoms with Crippen molar-refractivity contribution < 1.29 is 14.3 Å². The number of carbonyl (C=O) groups excluding carboxylic acids is 1. The van der Waals surface area contributed by atoms with Crippen molar-refractivity contribution >= 4 is 14.4 Å². The van der Waals surface area contributed by atoms with Crippen LogP contribution in [0.2, 0.25) is 19.6 Å². The van der Waals surface area contributed by atoms with Gasteiger partial charge in [-0.2, -0.15) is 0 Å². The second-order valence-corrected chi connectivity index (χ2v) is 15.3. The standard InChI is InChI=1S/C26H34O3Si/c1-18-15-21-23(26(2,17-27)22(18)13-14-30(3,4)5)12-11-20-16-28-25(29-24(20)21)19-9-7-6-8-10-19/h6-10,15,17,20-25H,11-12,16H2,1-5H3/t20-,21-,22+,23+,24-,25-,26+/m1/s1. The summed E-state index contributed by atoms with van der Waals surface area (Å²) < 4.78 is 12.7. The molecule has 4 rings (SSSR count). The third-order valence-corrected chi connectivity index (χ3v) is 8.04. The molecule has 3 nitrogen and oxygen atoms in total. The fourth-order valence-corrected chi connectivity index (χ4v) is 6.18. The minimum Gasteiger partial charge on any atom is -0.348 e. The van der Waals surface area contributed by atoms with Gasteiger partial charge in [0.1, 0.15) is 14.4 Å². The number of benzene rings is 1. The fraction of sp³-hybridized carbons (Fsp3) is 0.577. The molecule has 1 aromatic rings. The molecule has 0 bridgehead atoms. The Morgan fingerprint density at radius 2 is 1.90 bits per heavy atom. The quantitative estimate of drug-likeness (QED) is 0.277. The molecule has 0 aromatic heterocycles. The molecule has 7 atom stereocenters. The second-order valence-electron chi connectivity index (χ2n) is 10.5. The lowest BCUT2D eigenvalue weighted by molar-refractivity contribution is -0.266. The maximum absolute atomic E-state index is 12.5. The largest absolute Gasteiger partial charge is 0.348 e. The SMILES string of the molecule is CC1=C[C@H]2[C@@H]3O[C@H](c4ccccc4)OC[C@H]3CC[C@@H]2[C@@](C)(C=O)[C@H]1C#C[Si](C)(C)C. The van der Waals surface area contributed by atoms with Gasteiger partial charge in [-0.15, -0.1) is 11.5 Å². The van der Waals surface area contributed by atoms with Crippen molar-refractivity contribution in [3.05, 3.63) is 47.5 Å². The lowest BCUT2D eigenvalue weighted by Gasteiger charge is -2.54. The average molecular weight is 423 g/mol. The first-order chi connectivity index (χ1) is 14.2. The molecule has 3 aliphatic rings. The average Bonchev–Trinajstić information content (AvgIpc) is 2.73. The Hall–Kier alpha value is -1.67. The van der Waals surface area contributed by atoms with Gasteiger partial charge < -0.3 is 14.3 Å². The molecule has 2 aliphatic carbocycles. The van der Waals surface area contributed by atoms with Gasteiger partial charge in [0.2, 0.25) is 0 Å². The van der Waals surface area contributed by atoms with Gasteiger partial charge in [-0.1, -0.05) is 68.5 Å². The maximum atomic E-state index is 12.5. The third-order valence-electron chi connectivity index (χ3n) is 7.15. The van der Waals surface area contributed by atoms with Crippen LogP contribution in [0.15, 0.2) is 42.0 Å². The first-order valence-electron chi connectivity index (χ1n) is 11.2. The predicted octanol–water partition coefficient (Wildman–Crippen LogP) is 5.41. The Kier molecular flexibility index (Phi) is 5.83. The Balaban J connectivity index is 1.67. The normalized spacial score (nSPS) is 38.4. The first-order valence-corrected chi connectivity index (χ1v) is 14.7. The summed E-state index contributed by atoms with van der Waals surface area (Å²) in [5.41, 5.74) is 5.35. The van der Waals surface area contributed by atoms with Crippen molar-refractivity contribution in [1.29, 1.82) is 0 Å². The zero-order chi connectivity index (χ0) is 21.5. The zero-order valence-corrected chi connectivity index (χ0v) is 19.9. The van der Waals surface area contributed by atoms with Crippen LogP contribution in [0.1, 0.15) is 38.5 Å². The molecule has 1 aromatic carbocycles. The second kappa shape index (κ2) is 8.11. The van der Waals surface area contributed by atoms with Gasteiger partial charge in [0.05, 0.1) is 18.6 Å². The van der Waals surface area contributed by atoms with Gasteiger partial charge >= 0.3 is 0 Å². The molecule has 160 valence electrons. The molecule has 0 unspecified atom stereocenters. The minimum absolute atomic E-state index is 0.00397. The number of fused-ring (bicyclic) bond motifs is 3. The number of aldehydes is 1. The van der Waals surface area contributed by atoms with Gasteiger partial charge in [0.25, 0.3) is 0 Å². The van der Waals surface area contributed by atoms with Crippen LogP contribution in [0.25, 0.3) is 0 Å². The topological polar surface area (TPSA) is 35.5 Å². The highest BCUT2D eigenvalue weighted by Gasteiger charge is 2.54. The lowest BCUT2D eigenvalue weighted by atomic mass is 9.53. The molecule has 0 radical (unpaired) electrons. The summed E-state index contributed by atoms with van der Waals surface area (Å²) >= 11 is 0. The molecular weight excluding hydrogens is 388 g/mol. The van der Waals surface area contributed by atoms with E-state index in [2.05, 4.69) is 63.2 Å². The minimum atomic E-state index is -1.51. The number of hydrogen-bond donors (Lipinski definition) is 0. The number of ether oxygens (including phenoxy) is 2. The lowest BCUT2D eigenvalue weighted by Crippen LogP contribution is -2.54. The summed E-state index contributed by atoms with van der Waals surface area (Å²) in [4.78, 5) is 12.5. The first kappa shape index (κ1) is 21.6. The number of rotatable bonds is 2. The van der Waals surface area contributed by atoms with Crippen molar-refractivity contribution in [2.24, 2.45) is 29.1 Å². The molecule has 1 saturated heterocycles. The van der Waals surface area contributed by atoms with Crippen LogP contribution in [0.5, 0.6) is 0 Å². The summed E-state index contributed by atoms with van der Waals surface area (Å²) in [7, 11) is -1.51. The van der Waals surface area contributed by atoms with Crippen molar-refractivity contribution in [2.45, 2.75) is 58.7 Å². The van der Waals surface area contributed by atoms with Gasteiger partial charge in [0.15, 0.2) is 6.29 Å². The smallest absolute Gasteiger partial charge is 0.184 e. The van der Waals surface area contributed by atoms with Gasteiger partial charge in [0, 0.05) is 22.8 Å². The van der Waals surface area contributed by atoms with Crippen LogP contribution in [0.3, 0.4) is 0 Å². The van der Waals surface area contributed by atoms with Crippen molar-refractivity contribution in [2.75, 3.05) is 6.61 Å². The number of allylic oxidation sites excluding steroid dienone is 1. The monoisotopic (exact) mass is 422 g/mol. The van der Waals surface area contributed by atoms with Crippen LogP contribution in [0, 0.1) is 40.6 Å². The Labute approximate surface area is 182 Å². The van der Waals surface area contributed by atoms with Crippen LogP contribution in [-0.4, -0.2) is 27.1 Å². The van der Waals surface area contributed by atoms with Crippen LogP contribution in [-0.2, 0) is 14.3 Å². The molecule has 1 aliphatic heterocycles. The molecule has 30 heavy (non-hydrogen) atoms. The Morgan fingerprint density at radius 1 is 1.17 bits per heavy atom. The highest BCUT2D eigenvalue weighted by molar-refractivity contribution is 6.83. The Bertz CT molecular complexity index is 875. The molecule has 2 fully saturated rings. The van der Waals surface area contributed by atoms with E-state index in [1.807, 2.05) is 18.2 Å². The van der Waals surface area contributed by atoms with Crippen LogP contribution >= 0.6 is 0 Å². The van der Waals surface area contributed by atoms with Crippen molar-refractivity contribution in [1.82, 2.24) is 0 Å². The van der Waals surface area contributed by atoms with E-state index < -0.39 is 13.5 Å². The summed E-state index contributed by atoms with van der Waals surface area (Å²) in [5, 5.41) is 0. The predicted molar refractivity (Wildman–Crippen MR) is 122 cm³/mol. The van der Waals surface area contributed by atoms with E-state index in [0.717, 1.165) is 25.0 Å². The molecule has 4 heteroatoms. The highest BCUT2D eigenvalue weighted by Crippen LogP contribution is 2.55. The maximum Gasteiger partial charge on any atom is 0.184 e. The van der Waals surface area contributed by atoms with E-state index in [1.165, 1.54) is 11.9 Å². The summed E-state index contributed by atoms with van der Waals surface area (Å²) in [6.07, 6.45) is 5.40. The summed E-state index contributed by atoms with van der Waals surface area (Å²) in [6.45, 7) is 11.8. The van der Waals surface area contributed by atoms with Crippen molar-refractivity contribution in [3.8, 4) is 11.5 Å². The fourth-order valence-electron chi connectivity index (χ4n) is 5.61. The zero-order valence-electron chi connectivity index (χ0n) is 18.9. The van der Waals surface area contributed by atoms with Gasteiger partial charge in [-0.25, -0.2) is 0 Å². The molecular formula is C26H34O3Si. The molecule has 1 heterocycles. The summed E-state index contributed by atoms with van der Waals surface area (Å²) in [6, 6.07) is 10.2. The van der Waals surface area contributed by atoms with Gasteiger partial charge in [-0.3, -0.25) is 0 Å². The number of carbonyl (C=O) groups is 1. The van der Waals surface area contributed by atoms with E-state index in [4.69, 9.17) is 9.47 Å². The highest BCUT2D eigenvalue weighted by atomic mass is 28.3. The molecule has 1 saturated carbocycles. The number of hydrogen-bond acceptors (Lipinski definition) is 3. The van der Waals surface area contributed by atoms with E-state index in [-0.39, 0.29) is 30.1 Å². The van der Waals surface area contributed by atoms with Gasteiger partial charge in [-0.05, 0) is 25.7 Å². The summed E-state index contributed by atoms with van der Waals surface area (Å²) in [5.74, 6) is 4.42. The molecule has 0 N–H and O–H groups in total. The van der Waals surface area contributed by atoms with E-state index in [9.17, 15) is 4.79 Å². The van der Waals surface area contributed by atoms with E-state index in [1.54, 1.807) is 0 Å². The Morgan fingerprint density at radius 3 is 2.57 bits per heavy atom. The van der Waals surface area contributed by atoms with Crippen LogP contribution in [0.4, 0.5) is 0 Å².